The zero-order valence-corrected chi connectivity index (χ0v) is 17.3. The molecule has 0 bridgehead atoms. The molecule has 0 aliphatic heterocycles. The van der Waals surface area contributed by atoms with E-state index in [0.717, 1.165) is 11.1 Å². The molecular weight excluding hydrogens is 408 g/mol. The summed E-state index contributed by atoms with van der Waals surface area (Å²) >= 11 is 0. The van der Waals surface area contributed by atoms with E-state index in [-0.39, 0.29) is 18.1 Å². The Morgan fingerprint density at radius 1 is 1.09 bits per heavy atom. The highest BCUT2D eigenvalue weighted by atomic mass is 16.3. The number of rotatable bonds is 7. The SMILES string of the molecule is CN(Cc1cccc(C(N)=O)c1)C(=O)/C(=C/c1ccco1)n1nnnc1-c1ccccc1. The number of benzene rings is 2. The van der Waals surface area contributed by atoms with Crippen molar-refractivity contribution in [1.82, 2.24) is 25.1 Å². The highest BCUT2D eigenvalue weighted by molar-refractivity contribution is 6.18. The minimum atomic E-state index is -0.527. The number of primary amides is 1. The van der Waals surface area contributed by atoms with Gasteiger partial charge in [-0.1, -0.05) is 42.5 Å². The first kappa shape index (κ1) is 20.7. The third-order valence-electron chi connectivity index (χ3n) is 4.75. The van der Waals surface area contributed by atoms with Gasteiger partial charge in [0, 0.05) is 30.8 Å². The van der Waals surface area contributed by atoms with Crippen LogP contribution in [0.15, 0.2) is 77.4 Å². The van der Waals surface area contributed by atoms with Gasteiger partial charge in [0.1, 0.15) is 11.5 Å². The molecule has 0 radical (unpaired) electrons. The van der Waals surface area contributed by atoms with E-state index in [4.69, 9.17) is 10.2 Å². The summed E-state index contributed by atoms with van der Waals surface area (Å²) in [4.78, 5) is 26.5. The fraction of sp³-hybridized carbons (Fsp3) is 0.0870. The lowest BCUT2D eigenvalue weighted by Crippen LogP contribution is -2.29. The largest absolute Gasteiger partial charge is 0.465 e. The number of amides is 2. The zero-order valence-electron chi connectivity index (χ0n) is 17.3. The topological polar surface area (TPSA) is 120 Å². The number of nitrogens with zero attached hydrogens (tertiary/aromatic N) is 5. The maximum Gasteiger partial charge on any atom is 0.272 e. The molecule has 0 unspecified atom stereocenters. The molecule has 0 saturated heterocycles. The normalized spacial score (nSPS) is 11.3. The number of carbonyl (C=O) groups excluding carboxylic acids is 2. The highest BCUT2D eigenvalue weighted by Gasteiger charge is 2.23. The second-order valence-electron chi connectivity index (χ2n) is 7.05. The Balaban J connectivity index is 1.69. The van der Waals surface area contributed by atoms with E-state index in [1.54, 1.807) is 43.5 Å². The summed E-state index contributed by atoms with van der Waals surface area (Å²) in [7, 11) is 1.65. The van der Waals surface area contributed by atoms with Crippen LogP contribution in [0.5, 0.6) is 0 Å². The van der Waals surface area contributed by atoms with Crippen molar-refractivity contribution in [2.24, 2.45) is 5.73 Å². The minimum Gasteiger partial charge on any atom is -0.465 e. The molecule has 4 aromatic rings. The van der Waals surface area contributed by atoms with Gasteiger partial charge >= 0.3 is 0 Å². The molecule has 32 heavy (non-hydrogen) atoms. The van der Waals surface area contributed by atoms with Crippen LogP contribution in [-0.4, -0.2) is 44.0 Å². The second-order valence-corrected chi connectivity index (χ2v) is 7.05. The molecule has 2 heterocycles. The minimum absolute atomic E-state index is 0.206. The number of aromatic nitrogens is 4. The summed E-state index contributed by atoms with van der Waals surface area (Å²) in [6.07, 6.45) is 3.10. The van der Waals surface area contributed by atoms with E-state index < -0.39 is 5.91 Å². The number of hydrogen-bond donors (Lipinski definition) is 1. The Hall–Kier alpha value is -4.53. The van der Waals surface area contributed by atoms with E-state index >= 15 is 0 Å². The molecule has 2 aromatic carbocycles. The molecule has 9 heteroatoms. The van der Waals surface area contributed by atoms with Gasteiger partial charge in [0.25, 0.3) is 5.91 Å². The third-order valence-corrected chi connectivity index (χ3v) is 4.75. The lowest BCUT2D eigenvalue weighted by Gasteiger charge is -2.19. The maximum absolute atomic E-state index is 13.5. The van der Waals surface area contributed by atoms with Crippen molar-refractivity contribution in [2.75, 3.05) is 7.05 Å². The molecule has 2 amide bonds. The van der Waals surface area contributed by atoms with Crippen LogP contribution in [0, 0.1) is 0 Å². The van der Waals surface area contributed by atoms with Crippen molar-refractivity contribution in [1.29, 1.82) is 0 Å². The molecule has 0 atom stereocenters. The van der Waals surface area contributed by atoms with E-state index in [1.165, 1.54) is 15.8 Å². The van der Waals surface area contributed by atoms with Gasteiger partial charge in [0.05, 0.1) is 6.26 Å². The molecule has 4 rings (SSSR count). The van der Waals surface area contributed by atoms with Gasteiger partial charge in [-0.2, -0.15) is 4.68 Å². The number of tetrazole rings is 1. The summed E-state index contributed by atoms with van der Waals surface area (Å²) in [5.74, 6) is 0.0312. The van der Waals surface area contributed by atoms with Crippen molar-refractivity contribution in [2.45, 2.75) is 6.54 Å². The van der Waals surface area contributed by atoms with Crippen LogP contribution in [0.1, 0.15) is 21.7 Å². The average Bonchev–Trinajstić information content (AvgIpc) is 3.50. The van der Waals surface area contributed by atoms with Gasteiger partial charge in [0.15, 0.2) is 5.82 Å². The summed E-state index contributed by atoms with van der Waals surface area (Å²) in [5, 5.41) is 11.9. The van der Waals surface area contributed by atoms with E-state index in [0.29, 0.717) is 17.1 Å². The monoisotopic (exact) mass is 428 g/mol. The summed E-state index contributed by atoms with van der Waals surface area (Å²) in [6.45, 7) is 0.248. The van der Waals surface area contributed by atoms with Crippen molar-refractivity contribution in [3.8, 4) is 11.4 Å². The quantitative estimate of drug-likeness (QED) is 0.452. The van der Waals surface area contributed by atoms with Crippen LogP contribution < -0.4 is 5.73 Å². The van der Waals surface area contributed by atoms with Crippen molar-refractivity contribution in [3.05, 3.63) is 89.9 Å². The average molecular weight is 428 g/mol. The summed E-state index contributed by atoms with van der Waals surface area (Å²) in [6, 6.07) is 19.6. The molecule has 0 fully saturated rings. The smallest absolute Gasteiger partial charge is 0.272 e. The van der Waals surface area contributed by atoms with Crippen molar-refractivity contribution >= 4 is 23.6 Å². The van der Waals surface area contributed by atoms with E-state index in [1.807, 2.05) is 36.4 Å². The first-order valence-electron chi connectivity index (χ1n) is 9.76. The molecule has 160 valence electrons. The van der Waals surface area contributed by atoms with Gasteiger partial charge in [-0.25, -0.2) is 0 Å². The Morgan fingerprint density at radius 2 is 1.91 bits per heavy atom. The first-order valence-corrected chi connectivity index (χ1v) is 9.76. The molecule has 0 aliphatic rings. The lowest BCUT2D eigenvalue weighted by molar-refractivity contribution is -0.124. The molecule has 0 saturated carbocycles. The third kappa shape index (κ3) is 4.46. The fourth-order valence-electron chi connectivity index (χ4n) is 3.20. The van der Waals surface area contributed by atoms with Crippen molar-refractivity contribution in [3.63, 3.8) is 0 Å². The molecule has 9 nitrogen and oxygen atoms in total. The van der Waals surface area contributed by atoms with Gasteiger partial charge in [-0.15, -0.1) is 5.10 Å². The van der Waals surface area contributed by atoms with Crippen molar-refractivity contribution < 1.29 is 14.0 Å². The number of nitrogens with two attached hydrogens (primary N) is 1. The van der Waals surface area contributed by atoms with Crippen LogP contribution in [0.2, 0.25) is 0 Å². The van der Waals surface area contributed by atoms with Crippen LogP contribution in [0.25, 0.3) is 23.2 Å². The van der Waals surface area contributed by atoms with E-state index in [2.05, 4.69) is 15.5 Å². The zero-order chi connectivity index (χ0) is 22.5. The number of hydrogen-bond acceptors (Lipinski definition) is 6. The fourth-order valence-corrected chi connectivity index (χ4v) is 3.20. The number of likely N-dealkylation sites (N-methyl/N-ethyl adjacent to an activating group) is 1. The predicted octanol–water partition coefficient (Wildman–Crippen LogP) is 2.69. The summed E-state index contributed by atoms with van der Waals surface area (Å²) < 4.78 is 6.80. The Kier molecular flexibility index (Phi) is 5.89. The van der Waals surface area contributed by atoms with Gasteiger partial charge in [-0.3, -0.25) is 9.59 Å². The lowest BCUT2D eigenvalue weighted by atomic mass is 10.1. The number of furan rings is 1. The predicted molar refractivity (Wildman–Crippen MR) is 118 cm³/mol. The Morgan fingerprint density at radius 3 is 2.62 bits per heavy atom. The highest BCUT2D eigenvalue weighted by Crippen LogP contribution is 2.22. The van der Waals surface area contributed by atoms with Gasteiger partial charge in [0.2, 0.25) is 5.91 Å². The molecular formula is C23H20N6O3. The Bertz CT molecular complexity index is 1260. The number of carbonyl (C=O) groups is 2. The van der Waals surface area contributed by atoms with Crippen LogP contribution >= 0.6 is 0 Å². The molecule has 2 N–H and O–H groups in total. The maximum atomic E-state index is 13.5. The first-order chi connectivity index (χ1) is 15.5. The Labute approximate surface area is 183 Å². The molecule has 2 aromatic heterocycles. The van der Waals surface area contributed by atoms with Gasteiger partial charge in [-0.05, 0) is 40.3 Å². The van der Waals surface area contributed by atoms with Crippen LogP contribution in [-0.2, 0) is 11.3 Å². The summed E-state index contributed by atoms with van der Waals surface area (Å²) in [5.41, 5.74) is 7.47. The molecule has 0 aliphatic carbocycles. The molecule has 0 spiro atoms. The second kappa shape index (κ2) is 9.09. The van der Waals surface area contributed by atoms with Crippen LogP contribution in [0.4, 0.5) is 0 Å². The van der Waals surface area contributed by atoms with Gasteiger partial charge < -0.3 is 15.1 Å². The van der Waals surface area contributed by atoms with Crippen LogP contribution in [0.3, 0.4) is 0 Å². The standard InChI is InChI=1S/C23H20N6O3/c1-28(15-16-7-5-10-18(13-16)21(24)30)23(31)20(14-19-11-6-12-32-19)29-22(25-26-27-29)17-8-3-2-4-9-17/h2-14H,15H2,1H3,(H2,24,30)/b20-14-. The van der Waals surface area contributed by atoms with E-state index in [9.17, 15) is 9.59 Å².